The zero-order valence-electron chi connectivity index (χ0n) is 14.3. The fourth-order valence-electron chi connectivity index (χ4n) is 3.76. The van der Waals surface area contributed by atoms with E-state index in [-0.39, 0.29) is 11.7 Å². The van der Waals surface area contributed by atoms with Gasteiger partial charge in [-0.25, -0.2) is 4.39 Å². The number of rotatable bonds is 4. The van der Waals surface area contributed by atoms with Crippen LogP contribution < -0.4 is 10.5 Å². The molecule has 132 valence electrons. The van der Waals surface area contributed by atoms with Crippen LogP contribution in [-0.4, -0.2) is 54.5 Å². The molecule has 1 aliphatic heterocycles. The predicted octanol–water partition coefficient (Wildman–Crippen LogP) is 1.75. The third-order valence-corrected chi connectivity index (χ3v) is 5.22. The van der Waals surface area contributed by atoms with E-state index in [1.165, 1.54) is 12.1 Å². The van der Waals surface area contributed by atoms with Crippen LogP contribution in [0.2, 0.25) is 0 Å². The lowest BCUT2D eigenvalue weighted by molar-refractivity contribution is -0.138. The summed E-state index contributed by atoms with van der Waals surface area (Å²) in [7, 11) is 1.59. The lowest BCUT2D eigenvalue weighted by Crippen LogP contribution is -2.58. The molecule has 2 N–H and O–H groups in total. The van der Waals surface area contributed by atoms with Crippen molar-refractivity contribution in [2.24, 2.45) is 5.73 Å². The van der Waals surface area contributed by atoms with Gasteiger partial charge in [-0.3, -0.25) is 9.69 Å². The first-order valence-corrected chi connectivity index (χ1v) is 8.65. The molecule has 1 aromatic carbocycles. The second-order valence-electron chi connectivity index (χ2n) is 6.89. The molecule has 0 unspecified atom stereocenters. The van der Waals surface area contributed by atoms with Gasteiger partial charge in [0, 0.05) is 38.3 Å². The molecular weight excluding hydrogens is 309 g/mol. The minimum atomic E-state index is -0.645. The number of hydrogen-bond acceptors (Lipinski definition) is 4. The van der Waals surface area contributed by atoms with Gasteiger partial charge >= 0.3 is 0 Å². The van der Waals surface area contributed by atoms with Crippen LogP contribution in [0.15, 0.2) is 18.2 Å². The van der Waals surface area contributed by atoms with Gasteiger partial charge in [0.2, 0.25) is 5.91 Å². The van der Waals surface area contributed by atoms with Crippen LogP contribution in [-0.2, 0) is 11.3 Å². The Balaban J connectivity index is 1.57. The lowest BCUT2D eigenvalue weighted by atomic mass is 9.97. The van der Waals surface area contributed by atoms with Crippen LogP contribution in [0.3, 0.4) is 0 Å². The summed E-state index contributed by atoms with van der Waals surface area (Å²) in [6.45, 7) is 3.50. The summed E-state index contributed by atoms with van der Waals surface area (Å²) in [5.41, 5.74) is 6.47. The van der Waals surface area contributed by atoms with E-state index in [0.717, 1.165) is 44.3 Å². The Morgan fingerprint density at radius 2 is 1.92 bits per heavy atom. The Bertz CT molecular complexity index is 594. The first kappa shape index (κ1) is 17.2. The van der Waals surface area contributed by atoms with Gasteiger partial charge in [0.05, 0.1) is 12.6 Å². The summed E-state index contributed by atoms with van der Waals surface area (Å²) < 4.78 is 18.8. The maximum absolute atomic E-state index is 13.5. The molecule has 0 radical (unpaired) electrons. The number of carbonyl (C=O) groups excluding carboxylic acids is 1. The second-order valence-corrected chi connectivity index (χ2v) is 6.89. The number of ether oxygens (including phenoxy) is 1. The van der Waals surface area contributed by atoms with Crippen LogP contribution in [0, 0.1) is 5.82 Å². The Kier molecular flexibility index (Phi) is 5.06. The summed E-state index contributed by atoms with van der Waals surface area (Å²) in [5.74, 6) is 0.538. The standard InChI is InChI=1S/C18H26FN3O2/c1-24-16-5-4-15(19)12-14(16)13-21-8-10-22(11-9-21)17(23)18(20)6-2-3-7-18/h4-5,12H,2-3,6-11,13,20H2,1H3. The number of halogens is 1. The molecule has 3 rings (SSSR count). The van der Waals surface area contributed by atoms with E-state index >= 15 is 0 Å². The Labute approximate surface area is 142 Å². The number of piperazine rings is 1. The monoisotopic (exact) mass is 335 g/mol. The molecule has 2 fully saturated rings. The van der Waals surface area contributed by atoms with Gasteiger partial charge < -0.3 is 15.4 Å². The van der Waals surface area contributed by atoms with Crippen molar-refractivity contribution in [2.75, 3.05) is 33.3 Å². The predicted molar refractivity (Wildman–Crippen MR) is 90.2 cm³/mol. The molecule has 0 aromatic heterocycles. The number of hydrogen-bond donors (Lipinski definition) is 1. The van der Waals surface area contributed by atoms with E-state index in [4.69, 9.17) is 10.5 Å². The number of nitrogens with zero attached hydrogens (tertiary/aromatic N) is 2. The average Bonchev–Trinajstić information content (AvgIpc) is 3.03. The summed E-state index contributed by atoms with van der Waals surface area (Å²) in [6, 6.07) is 4.58. The van der Waals surface area contributed by atoms with E-state index in [1.807, 2.05) is 4.90 Å². The number of carbonyl (C=O) groups is 1. The van der Waals surface area contributed by atoms with Gasteiger partial charge in [-0.2, -0.15) is 0 Å². The summed E-state index contributed by atoms with van der Waals surface area (Å²) in [4.78, 5) is 16.8. The van der Waals surface area contributed by atoms with Gasteiger partial charge in [-0.1, -0.05) is 12.8 Å². The normalized spacial score (nSPS) is 21.0. The first-order valence-electron chi connectivity index (χ1n) is 8.65. The molecule has 1 saturated carbocycles. The van der Waals surface area contributed by atoms with E-state index in [9.17, 15) is 9.18 Å². The number of amides is 1. The Morgan fingerprint density at radius 1 is 1.25 bits per heavy atom. The maximum Gasteiger partial charge on any atom is 0.242 e. The number of benzene rings is 1. The molecule has 5 nitrogen and oxygen atoms in total. The second kappa shape index (κ2) is 7.07. The van der Waals surface area contributed by atoms with Crippen molar-refractivity contribution in [1.82, 2.24) is 9.80 Å². The zero-order chi connectivity index (χ0) is 17.2. The van der Waals surface area contributed by atoms with Gasteiger partial charge in [0.25, 0.3) is 0 Å². The molecular formula is C18H26FN3O2. The molecule has 1 amide bonds. The van der Waals surface area contributed by atoms with Crippen molar-refractivity contribution in [2.45, 2.75) is 37.8 Å². The van der Waals surface area contributed by atoms with E-state index in [2.05, 4.69) is 4.90 Å². The first-order chi connectivity index (χ1) is 11.5. The highest BCUT2D eigenvalue weighted by molar-refractivity contribution is 5.86. The average molecular weight is 335 g/mol. The molecule has 1 saturated heterocycles. The van der Waals surface area contributed by atoms with Gasteiger partial charge in [0.15, 0.2) is 0 Å². The Hall–Kier alpha value is -1.66. The van der Waals surface area contributed by atoms with Crippen molar-refractivity contribution in [3.8, 4) is 5.75 Å². The van der Waals surface area contributed by atoms with Crippen molar-refractivity contribution in [1.29, 1.82) is 0 Å². The number of methoxy groups -OCH3 is 1. The third kappa shape index (κ3) is 3.54. The molecule has 1 aliphatic carbocycles. The van der Waals surface area contributed by atoms with Crippen LogP contribution in [0.4, 0.5) is 4.39 Å². The lowest BCUT2D eigenvalue weighted by Gasteiger charge is -2.38. The molecule has 0 bridgehead atoms. The quantitative estimate of drug-likeness (QED) is 0.911. The molecule has 1 heterocycles. The topological polar surface area (TPSA) is 58.8 Å². The number of nitrogens with two attached hydrogens (primary N) is 1. The van der Waals surface area contributed by atoms with Crippen LogP contribution in [0.5, 0.6) is 5.75 Å². The highest BCUT2D eigenvalue weighted by atomic mass is 19.1. The van der Waals surface area contributed by atoms with E-state index < -0.39 is 5.54 Å². The summed E-state index contributed by atoms with van der Waals surface area (Å²) >= 11 is 0. The third-order valence-electron chi connectivity index (χ3n) is 5.22. The van der Waals surface area contributed by atoms with Crippen LogP contribution in [0.25, 0.3) is 0 Å². The van der Waals surface area contributed by atoms with Crippen LogP contribution >= 0.6 is 0 Å². The maximum atomic E-state index is 13.5. The van der Waals surface area contributed by atoms with E-state index in [1.54, 1.807) is 13.2 Å². The Morgan fingerprint density at radius 3 is 2.54 bits per heavy atom. The summed E-state index contributed by atoms with van der Waals surface area (Å²) in [6.07, 6.45) is 3.68. The van der Waals surface area contributed by atoms with Gasteiger partial charge in [0.1, 0.15) is 11.6 Å². The minimum absolute atomic E-state index is 0.1000. The highest BCUT2D eigenvalue weighted by Crippen LogP contribution is 2.29. The molecule has 0 atom stereocenters. The SMILES string of the molecule is COc1ccc(F)cc1CN1CCN(C(=O)C2(N)CCCC2)CC1. The minimum Gasteiger partial charge on any atom is -0.496 e. The van der Waals surface area contributed by atoms with Crippen LogP contribution in [0.1, 0.15) is 31.2 Å². The fourth-order valence-corrected chi connectivity index (χ4v) is 3.76. The molecule has 0 spiro atoms. The van der Waals surface area contributed by atoms with Gasteiger partial charge in [-0.15, -0.1) is 0 Å². The summed E-state index contributed by atoms with van der Waals surface area (Å²) in [5, 5.41) is 0. The van der Waals surface area contributed by atoms with Crippen molar-refractivity contribution in [3.63, 3.8) is 0 Å². The smallest absolute Gasteiger partial charge is 0.242 e. The molecule has 2 aliphatic rings. The molecule has 24 heavy (non-hydrogen) atoms. The van der Waals surface area contributed by atoms with E-state index in [0.29, 0.717) is 25.4 Å². The zero-order valence-corrected chi connectivity index (χ0v) is 14.3. The molecule has 1 aromatic rings. The van der Waals surface area contributed by atoms with Gasteiger partial charge in [-0.05, 0) is 31.0 Å². The largest absolute Gasteiger partial charge is 0.496 e. The van der Waals surface area contributed by atoms with Crippen molar-refractivity contribution >= 4 is 5.91 Å². The fraction of sp³-hybridized carbons (Fsp3) is 0.611. The van der Waals surface area contributed by atoms with Crippen molar-refractivity contribution in [3.05, 3.63) is 29.6 Å². The van der Waals surface area contributed by atoms with Crippen molar-refractivity contribution < 1.29 is 13.9 Å². The highest BCUT2D eigenvalue weighted by Gasteiger charge is 2.40. The molecule has 6 heteroatoms.